The molecule has 2 rings (SSSR count). The molecule has 4 unspecified atom stereocenters. The van der Waals surface area contributed by atoms with E-state index in [-0.39, 0.29) is 24.7 Å². The van der Waals surface area contributed by atoms with E-state index in [4.69, 9.17) is 0 Å². The van der Waals surface area contributed by atoms with E-state index in [1.165, 1.54) is 11.3 Å². The van der Waals surface area contributed by atoms with E-state index in [2.05, 4.69) is 0 Å². The van der Waals surface area contributed by atoms with Crippen LogP contribution in [0.4, 0.5) is 4.79 Å². The standard InChI is InChI=1S/C15H26N2O4/c1-10(9-18)16(2)15(21)17-12-6-4-3-5-11(12)7-8-13(17)14(19)20/h10-13,18H,3-9H2,1-2H3,(H,19,20). The van der Waals surface area contributed by atoms with E-state index in [1.54, 1.807) is 18.9 Å². The van der Waals surface area contributed by atoms with Crippen molar-refractivity contribution in [3.8, 4) is 0 Å². The van der Waals surface area contributed by atoms with Crippen molar-refractivity contribution in [1.29, 1.82) is 0 Å². The first-order valence-electron chi connectivity index (χ1n) is 7.86. The number of hydrogen-bond donors (Lipinski definition) is 2. The van der Waals surface area contributed by atoms with Gasteiger partial charge in [-0.25, -0.2) is 9.59 Å². The van der Waals surface area contributed by atoms with Gasteiger partial charge in [-0.15, -0.1) is 0 Å². The molecule has 1 saturated heterocycles. The number of carboxylic acid groups (broad SMARTS) is 1. The third-order valence-electron chi connectivity index (χ3n) is 5.11. The van der Waals surface area contributed by atoms with Crippen LogP contribution in [0.5, 0.6) is 0 Å². The van der Waals surface area contributed by atoms with Gasteiger partial charge in [-0.1, -0.05) is 12.8 Å². The summed E-state index contributed by atoms with van der Waals surface area (Å²) in [6.07, 6.45) is 5.62. The lowest BCUT2D eigenvalue weighted by Gasteiger charge is -2.48. The average Bonchev–Trinajstić information content (AvgIpc) is 2.51. The smallest absolute Gasteiger partial charge is 0.326 e. The molecule has 4 atom stereocenters. The molecule has 1 heterocycles. The first kappa shape index (κ1) is 16.1. The molecule has 0 aromatic rings. The zero-order valence-electron chi connectivity index (χ0n) is 12.9. The molecule has 0 bridgehead atoms. The highest BCUT2D eigenvalue weighted by atomic mass is 16.4. The highest BCUT2D eigenvalue weighted by Crippen LogP contribution is 2.38. The number of hydrogen-bond acceptors (Lipinski definition) is 3. The molecule has 2 fully saturated rings. The predicted molar refractivity (Wildman–Crippen MR) is 77.9 cm³/mol. The molecule has 120 valence electrons. The minimum atomic E-state index is -0.919. The van der Waals surface area contributed by atoms with Gasteiger partial charge in [-0.3, -0.25) is 0 Å². The number of urea groups is 1. The number of nitrogens with zero attached hydrogens (tertiary/aromatic N) is 2. The lowest BCUT2D eigenvalue weighted by Crippen LogP contribution is -2.61. The van der Waals surface area contributed by atoms with Crippen molar-refractivity contribution in [3.05, 3.63) is 0 Å². The number of likely N-dealkylation sites (N-methyl/N-ethyl adjacent to an activating group) is 1. The Kier molecular flexibility index (Phi) is 5.08. The summed E-state index contributed by atoms with van der Waals surface area (Å²) < 4.78 is 0. The van der Waals surface area contributed by atoms with Gasteiger partial charge >= 0.3 is 12.0 Å². The Hall–Kier alpha value is -1.30. The molecule has 2 amide bonds. The van der Waals surface area contributed by atoms with E-state index in [0.29, 0.717) is 12.3 Å². The molecule has 1 saturated carbocycles. The topological polar surface area (TPSA) is 81.1 Å². The molecule has 0 spiro atoms. The Bertz CT molecular complexity index is 401. The monoisotopic (exact) mass is 298 g/mol. The molecular weight excluding hydrogens is 272 g/mol. The fourth-order valence-electron chi connectivity index (χ4n) is 3.64. The van der Waals surface area contributed by atoms with Crippen molar-refractivity contribution >= 4 is 12.0 Å². The van der Waals surface area contributed by atoms with Crippen LogP contribution in [0.25, 0.3) is 0 Å². The maximum atomic E-state index is 12.7. The van der Waals surface area contributed by atoms with Gasteiger partial charge < -0.3 is 20.0 Å². The van der Waals surface area contributed by atoms with Crippen molar-refractivity contribution in [2.45, 2.75) is 63.6 Å². The van der Waals surface area contributed by atoms with Gasteiger partial charge in [0.25, 0.3) is 0 Å². The largest absolute Gasteiger partial charge is 0.480 e. The normalized spacial score (nSPS) is 30.4. The molecule has 6 nitrogen and oxygen atoms in total. The third-order valence-corrected chi connectivity index (χ3v) is 5.11. The van der Waals surface area contributed by atoms with Crippen LogP contribution < -0.4 is 0 Å². The summed E-state index contributed by atoms with van der Waals surface area (Å²) in [5.41, 5.74) is 0. The number of fused-ring (bicyclic) bond motifs is 1. The second-order valence-electron chi connectivity index (χ2n) is 6.38. The molecule has 1 aliphatic heterocycles. The Morgan fingerprint density at radius 2 is 1.90 bits per heavy atom. The first-order chi connectivity index (χ1) is 9.97. The summed E-state index contributed by atoms with van der Waals surface area (Å²) >= 11 is 0. The molecule has 0 aromatic heterocycles. The van der Waals surface area contributed by atoms with Crippen LogP contribution in [-0.2, 0) is 4.79 Å². The Morgan fingerprint density at radius 1 is 1.24 bits per heavy atom. The number of carbonyl (C=O) groups is 2. The van der Waals surface area contributed by atoms with E-state index < -0.39 is 12.0 Å². The van der Waals surface area contributed by atoms with Crippen LogP contribution in [0, 0.1) is 5.92 Å². The highest BCUT2D eigenvalue weighted by molar-refractivity contribution is 5.83. The SMILES string of the molecule is CC(CO)N(C)C(=O)N1C(C(=O)O)CCC2CCCCC21. The van der Waals surface area contributed by atoms with Crippen LogP contribution in [0.1, 0.15) is 45.4 Å². The number of aliphatic hydroxyl groups excluding tert-OH is 1. The van der Waals surface area contributed by atoms with E-state index in [9.17, 15) is 19.8 Å². The minimum absolute atomic E-state index is 0.0365. The van der Waals surface area contributed by atoms with Crippen LogP contribution in [0.15, 0.2) is 0 Å². The van der Waals surface area contributed by atoms with Crippen LogP contribution in [0.3, 0.4) is 0 Å². The van der Waals surface area contributed by atoms with Crippen LogP contribution in [0.2, 0.25) is 0 Å². The third kappa shape index (κ3) is 3.15. The summed E-state index contributed by atoms with van der Waals surface area (Å²) in [4.78, 5) is 27.3. The number of piperidine rings is 1. The number of carboxylic acids is 1. The minimum Gasteiger partial charge on any atom is -0.480 e. The van der Waals surface area contributed by atoms with Crippen molar-refractivity contribution < 1.29 is 19.8 Å². The van der Waals surface area contributed by atoms with Gasteiger partial charge in [-0.05, 0) is 38.5 Å². The van der Waals surface area contributed by atoms with Gasteiger partial charge in [0, 0.05) is 13.1 Å². The molecule has 2 N–H and O–H groups in total. The fraction of sp³-hybridized carbons (Fsp3) is 0.867. The number of rotatable bonds is 3. The van der Waals surface area contributed by atoms with Gasteiger partial charge in [0.05, 0.1) is 12.6 Å². The lowest BCUT2D eigenvalue weighted by molar-refractivity contribution is -0.146. The molecule has 21 heavy (non-hydrogen) atoms. The summed E-state index contributed by atoms with van der Waals surface area (Å²) in [5.74, 6) is -0.492. The summed E-state index contributed by atoms with van der Waals surface area (Å²) in [6.45, 7) is 1.64. The first-order valence-corrected chi connectivity index (χ1v) is 7.86. The average molecular weight is 298 g/mol. The number of carbonyl (C=O) groups excluding carboxylic acids is 1. The number of aliphatic carboxylic acids is 1. The van der Waals surface area contributed by atoms with Gasteiger partial charge in [0.2, 0.25) is 0 Å². The van der Waals surface area contributed by atoms with Gasteiger partial charge in [0.1, 0.15) is 6.04 Å². The highest BCUT2D eigenvalue weighted by Gasteiger charge is 2.45. The summed E-state index contributed by atoms with van der Waals surface area (Å²) in [7, 11) is 1.63. The van der Waals surface area contributed by atoms with E-state index >= 15 is 0 Å². The van der Waals surface area contributed by atoms with Crippen molar-refractivity contribution in [2.24, 2.45) is 5.92 Å². The zero-order chi connectivity index (χ0) is 15.6. The number of likely N-dealkylation sites (tertiary alicyclic amines) is 1. The Morgan fingerprint density at radius 3 is 2.52 bits per heavy atom. The molecular formula is C15H26N2O4. The molecule has 1 aliphatic carbocycles. The second kappa shape index (κ2) is 6.64. The fourth-order valence-corrected chi connectivity index (χ4v) is 3.64. The number of aliphatic hydroxyl groups is 1. The van der Waals surface area contributed by atoms with Gasteiger partial charge in [-0.2, -0.15) is 0 Å². The number of amides is 2. The van der Waals surface area contributed by atoms with E-state index in [0.717, 1.165) is 25.7 Å². The Balaban J connectivity index is 2.23. The summed E-state index contributed by atoms with van der Waals surface area (Å²) in [6, 6.07) is -1.27. The molecule has 0 aromatic carbocycles. The molecule has 2 aliphatic rings. The maximum Gasteiger partial charge on any atom is 0.326 e. The van der Waals surface area contributed by atoms with Crippen LogP contribution >= 0.6 is 0 Å². The lowest BCUT2D eigenvalue weighted by atomic mass is 9.76. The van der Waals surface area contributed by atoms with Gasteiger partial charge in [0.15, 0.2) is 0 Å². The summed E-state index contributed by atoms with van der Waals surface area (Å²) in [5, 5.41) is 18.7. The molecule has 0 radical (unpaired) electrons. The zero-order valence-corrected chi connectivity index (χ0v) is 12.9. The Labute approximate surface area is 125 Å². The van der Waals surface area contributed by atoms with Crippen molar-refractivity contribution in [2.75, 3.05) is 13.7 Å². The van der Waals surface area contributed by atoms with E-state index in [1.807, 2.05) is 0 Å². The quantitative estimate of drug-likeness (QED) is 0.828. The van der Waals surface area contributed by atoms with Crippen molar-refractivity contribution in [1.82, 2.24) is 9.80 Å². The molecule has 6 heteroatoms. The second-order valence-corrected chi connectivity index (χ2v) is 6.38. The predicted octanol–water partition coefficient (Wildman–Crippen LogP) is 1.53. The van der Waals surface area contributed by atoms with Crippen LogP contribution in [-0.4, -0.2) is 63.8 Å². The maximum absolute atomic E-state index is 12.7. The van der Waals surface area contributed by atoms with Crippen molar-refractivity contribution in [3.63, 3.8) is 0 Å².